The van der Waals surface area contributed by atoms with Gasteiger partial charge in [-0.2, -0.15) is 5.10 Å². The number of aliphatic carboxylic acids is 1. The Hall–Kier alpha value is -2.63. The lowest BCUT2D eigenvalue weighted by Crippen LogP contribution is -2.56. The molecule has 6 nitrogen and oxygen atoms in total. The smallest absolute Gasteiger partial charge is 0.339 e. The lowest BCUT2D eigenvalue weighted by molar-refractivity contribution is -0.137. The van der Waals surface area contributed by atoms with Gasteiger partial charge in [0.15, 0.2) is 0 Å². The normalized spacial score (nSPS) is 26.9. The number of benzene rings is 1. The fourth-order valence-corrected chi connectivity index (χ4v) is 5.40. The molecule has 4 atom stereocenters. The van der Waals surface area contributed by atoms with Crippen molar-refractivity contribution in [1.82, 2.24) is 5.43 Å². The summed E-state index contributed by atoms with van der Waals surface area (Å²) < 4.78 is 0. The zero-order valence-corrected chi connectivity index (χ0v) is 18.8. The van der Waals surface area contributed by atoms with Gasteiger partial charge in [0.2, 0.25) is 0 Å². The van der Waals surface area contributed by atoms with Crippen LogP contribution in [0.3, 0.4) is 0 Å². The average molecular weight is 426 g/mol. The second-order valence-electron chi connectivity index (χ2n) is 9.54. The first-order valence-electron chi connectivity index (χ1n) is 11.3. The van der Waals surface area contributed by atoms with Gasteiger partial charge in [0.25, 0.3) is 0 Å². The molecular formula is C25H35N3O3. The molecule has 1 aromatic rings. The van der Waals surface area contributed by atoms with Gasteiger partial charge < -0.3 is 10.4 Å². The molecule has 31 heavy (non-hydrogen) atoms. The summed E-state index contributed by atoms with van der Waals surface area (Å²) >= 11 is 0. The number of allylic oxidation sites excluding steroid dienone is 2. The van der Waals surface area contributed by atoms with Crippen LogP contribution in [-0.4, -0.2) is 22.8 Å². The van der Waals surface area contributed by atoms with Gasteiger partial charge in [-0.1, -0.05) is 44.2 Å². The van der Waals surface area contributed by atoms with Gasteiger partial charge in [-0.3, -0.25) is 4.79 Å². The summed E-state index contributed by atoms with van der Waals surface area (Å²) in [4.78, 5) is 22.9. The highest BCUT2D eigenvalue weighted by atomic mass is 16.4. The Morgan fingerprint density at radius 1 is 1.19 bits per heavy atom. The Kier molecular flexibility index (Phi) is 7.52. The van der Waals surface area contributed by atoms with Gasteiger partial charge in [-0.15, -0.1) is 0 Å². The molecule has 3 N–H and O–H groups in total. The van der Waals surface area contributed by atoms with E-state index in [1.54, 1.807) is 0 Å². The third kappa shape index (κ3) is 5.75. The number of fused-ring (bicyclic) bond motifs is 2. The molecule has 3 aliphatic rings. The second-order valence-corrected chi connectivity index (χ2v) is 9.54. The first-order valence-corrected chi connectivity index (χ1v) is 11.3. The lowest BCUT2D eigenvalue weighted by atomic mass is 9.42. The molecule has 2 bridgehead atoms. The molecule has 0 unspecified atom stereocenters. The number of hydrogen-bond acceptors (Lipinski definition) is 3. The largest absolute Gasteiger partial charge is 0.481 e. The van der Waals surface area contributed by atoms with Crippen LogP contribution in [0.2, 0.25) is 0 Å². The van der Waals surface area contributed by atoms with Crippen molar-refractivity contribution in [1.29, 1.82) is 0 Å². The van der Waals surface area contributed by atoms with Crippen molar-refractivity contribution >= 4 is 23.4 Å². The minimum absolute atomic E-state index is 0.218. The van der Waals surface area contributed by atoms with Crippen molar-refractivity contribution < 1.29 is 14.7 Å². The van der Waals surface area contributed by atoms with Crippen LogP contribution in [0.25, 0.3) is 0 Å². The summed E-state index contributed by atoms with van der Waals surface area (Å²) in [7, 11) is 0. The van der Waals surface area contributed by atoms with Gasteiger partial charge in [-0.05, 0) is 74.3 Å². The number of rotatable bonds is 9. The standard InChI is InChI=1S/C25H35N3O3/c1-17(27-28-24(31)26-19-11-7-6-8-12-19)21-15-18-16-22(25(18,2)3)20(21)13-9-4-5-10-14-23(29)30/h4,6-9,11-12,18,20-22H,5,10,13-16H2,1-3H3,(H,29,30)(H2,26,28,31)/b9-4+,27-17-/t18-,20+,21+,22-/m0/s1. The highest BCUT2D eigenvalue weighted by Gasteiger charge is 2.57. The van der Waals surface area contributed by atoms with E-state index in [9.17, 15) is 9.59 Å². The molecule has 4 rings (SSSR count). The zero-order chi connectivity index (χ0) is 22.4. The number of carbonyl (C=O) groups excluding carboxylic acids is 1. The van der Waals surface area contributed by atoms with Crippen LogP contribution < -0.4 is 10.7 Å². The molecule has 3 saturated carbocycles. The average Bonchev–Trinajstić information content (AvgIpc) is 2.74. The summed E-state index contributed by atoms with van der Waals surface area (Å²) in [6, 6.07) is 9.00. The number of nitrogens with one attached hydrogen (secondary N) is 2. The molecule has 1 aromatic carbocycles. The topological polar surface area (TPSA) is 90.8 Å². The van der Waals surface area contributed by atoms with Gasteiger partial charge in [0.1, 0.15) is 0 Å². The monoisotopic (exact) mass is 425 g/mol. The minimum Gasteiger partial charge on any atom is -0.481 e. The number of unbranched alkanes of at least 4 members (excludes halogenated alkanes) is 1. The van der Waals surface area contributed by atoms with Gasteiger partial charge >= 0.3 is 12.0 Å². The Morgan fingerprint density at radius 3 is 2.61 bits per heavy atom. The van der Waals surface area contributed by atoms with E-state index in [4.69, 9.17) is 5.11 Å². The SMILES string of the molecule is C/C(=N/NC(=O)Nc1ccccc1)[C@H]1C[C@H]2C[C@@H]([C@@H]1C/C=C/CCCC(=O)O)C2(C)C. The van der Waals surface area contributed by atoms with Crippen LogP contribution in [0.1, 0.15) is 59.3 Å². The zero-order valence-electron chi connectivity index (χ0n) is 18.8. The molecule has 0 spiro atoms. The van der Waals surface area contributed by atoms with E-state index < -0.39 is 5.97 Å². The van der Waals surface area contributed by atoms with E-state index in [2.05, 4.69) is 41.8 Å². The predicted molar refractivity (Wildman–Crippen MR) is 124 cm³/mol. The van der Waals surface area contributed by atoms with Gasteiger partial charge in [0, 0.05) is 23.7 Å². The van der Waals surface area contributed by atoms with Crippen LogP contribution in [0, 0.1) is 29.1 Å². The molecule has 3 aliphatic carbocycles. The molecule has 0 aromatic heterocycles. The minimum atomic E-state index is -0.737. The van der Waals surface area contributed by atoms with Crippen LogP contribution in [0.15, 0.2) is 47.6 Å². The van der Waals surface area contributed by atoms with Crippen LogP contribution in [0.4, 0.5) is 10.5 Å². The van der Waals surface area contributed by atoms with Crippen LogP contribution in [0.5, 0.6) is 0 Å². The summed E-state index contributed by atoms with van der Waals surface area (Å²) in [5, 5.41) is 16.0. The van der Waals surface area contributed by atoms with E-state index in [1.807, 2.05) is 37.3 Å². The number of carboxylic acid groups (broad SMARTS) is 1. The molecule has 3 fully saturated rings. The van der Waals surface area contributed by atoms with Crippen molar-refractivity contribution in [3.8, 4) is 0 Å². The number of para-hydroxylation sites is 1. The number of urea groups is 1. The van der Waals surface area contributed by atoms with Gasteiger partial charge in [0.05, 0.1) is 0 Å². The molecule has 0 aliphatic heterocycles. The van der Waals surface area contributed by atoms with Crippen molar-refractivity contribution in [2.75, 3.05) is 5.32 Å². The molecule has 0 saturated heterocycles. The molecular weight excluding hydrogens is 390 g/mol. The fourth-order valence-electron chi connectivity index (χ4n) is 5.40. The first-order chi connectivity index (χ1) is 14.8. The maximum atomic E-state index is 12.2. The Morgan fingerprint density at radius 2 is 1.94 bits per heavy atom. The molecule has 2 amide bonds. The summed E-state index contributed by atoms with van der Waals surface area (Å²) in [5.74, 6) is 1.49. The second kappa shape index (κ2) is 10.1. The van der Waals surface area contributed by atoms with Crippen molar-refractivity contribution in [2.45, 2.75) is 59.3 Å². The third-order valence-electron chi connectivity index (χ3n) is 7.36. The first kappa shape index (κ1) is 23.0. The van der Waals surface area contributed by atoms with Crippen LogP contribution >= 0.6 is 0 Å². The predicted octanol–water partition coefficient (Wildman–Crippen LogP) is 5.68. The van der Waals surface area contributed by atoms with E-state index in [0.29, 0.717) is 35.5 Å². The highest BCUT2D eigenvalue weighted by molar-refractivity contribution is 5.91. The molecule has 168 valence electrons. The maximum Gasteiger partial charge on any atom is 0.339 e. The quantitative estimate of drug-likeness (QED) is 0.206. The third-order valence-corrected chi connectivity index (χ3v) is 7.36. The Labute approximate surface area is 185 Å². The Balaban J connectivity index is 1.59. The van der Waals surface area contributed by atoms with Crippen molar-refractivity contribution in [3.63, 3.8) is 0 Å². The number of amides is 2. The van der Waals surface area contributed by atoms with Gasteiger partial charge in [-0.25, -0.2) is 10.2 Å². The van der Waals surface area contributed by atoms with E-state index in [1.165, 1.54) is 6.42 Å². The van der Waals surface area contributed by atoms with Crippen molar-refractivity contribution in [2.24, 2.45) is 34.2 Å². The number of carboxylic acids is 1. The molecule has 0 radical (unpaired) electrons. The maximum absolute atomic E-state index is 12.2. The van der Waals surface area contributed by atoms with E-state index >= 15 is 0 Å². The van der Waals surface area contributed by atoms with Crippen LogP contribution in [-0.2, 0) is 4.79 Å². The summed E-state index contributed by atoms with van der Waals surface area (Å²) in [5.41, 5.74) is 4.74. The lowest BCUT2D eigenvalue weighted by Gasteiger charge is -2.62. The molecule has 0 heterocycles. The summed E-state index contributed by atoms with van der Waals surface area (Å²) in [6.45, 7) is 6.78. The fraction of sp³-hybridized carbons (Fsp3) is 0.560. The van der Waals surface area contributed by atoms with E-state index in [0.717, 1.165) is 30.7 Å². The summed E-state index contributed by atoms with van der Waals surface area (Å²) in [6.07, 6.45) is 9.39. The number of anilines is 1. The number of hydrazone groups is 1. The number of hydrogen-bond donors (Lipinski definition) is 3. The molecule has 6 heteroatoms. The number of nitrogens with zero attached hydrogens (tertiary/aromatic N) is 1. The highest BCUT2D eigenvalue weighted by Crippen LogP contribution is 2.64. The number of carbonyl (C=O) groups is 2. The Bertz CT molecular complexity index is 832. The van der Waals surface area contributed by atoms with E-state index in [-0.39, 0.29) is 12.5 Å². The van der Waals surface area contributed by atoms with Crippen molar-refractivity contribution in [3.05, 3.63) is 42.5 Å².